The van der Waals surface area contributed by atoms with Crippen LogP contribution in [-0.2, 0) is 22.6 Å². The summed E-state index contributed by atoms with van der Waals surface area (Å²) in [7, 11) is 0. The van der Waals surface area contributed by atoms with Crippen molar-refractivity contribution in [2.75, 3.05) is 5.32 Å². The molecule has 8 heteroatoms. The van der Waals surface area contributed by atoms with Crippen LogP contribution in [0.2, 0.25) is 0 Å². The molecule has 166 valence electrons. The standard InChI is InChI=1S/C24H25N3O5/c1-24(2,3)23(31)32-12-20-26-19-10-14-6-9-18(16(14)11-17(19)21(28)27-20)25-15-7-4-13(5-8-15)22(29)30/h4-5,7-8,10-11,18,25H,6,9,12H2,1-3H3,(H,29,30)(H,26,27,28). The van der Waals surface area contributed by atoms with Crippen LogP contribution in [0.5, 0.6) is 0 Å². The molecule has 3 N–H and O–H groups in total. The predicted octanol–water partition coefficient (Wildman–Crippen LogP) is 3.81. The number of aromatic carboxylic acids is 1. The quantitative estimate of drug-likeness (QED) is 0.521. The van der Waals surface area contributed by atoms with E-state index in [1.54, 1.807) is 45.0 Å². The largest absolute Gasteiger partial charge is 0.478 e. The minimum atomic E-state index is -0.964. The maximum Gasteiger partial charge on any atom is 0.335 e. The first kappa shape index (κ1) is 21.5. The Hall–Kier alpha value is -3.68. The number of anilines is 1. The van der Waals surface area contributed by atoms with E-state index in [4.69, 9.17) is 9.84 Å². The zero-order valence-electron chi connectivity index (χ0n) is 18.2. The second kappa shape index (κ2) is 8.11. The van der Waals surface area contributed by atoms with E-state index in [-0.39, 0.29) is 29.7 Å². The predicted molar refractivity (Wildman–Crippen MR) is 120 cm³/mol. The Morgan fingerprint density at radius 1 is 1.22 bits per heavy atom. The zero-order valence-corrected chi connectivity index (χ0v) is 18.2. The van der Waals surface area contributed by atoms with Gasteiger partial charge < -0.3 is 20.1 Å². The molecule has 0 spiro atoms. The lowest BCUT2D eigenvalue weighted by atomic mass is 9.97. The number of benzene rings is 2. The van der Waals surface area contributed by atoms with Crippen molar-refractivity contribution in [1.29, 1.82) is 0 Å². The third kappa shape index (κ3) is 4.34. The average molecular weight is 435 g/mol. The number of carbonyl (C=O) groups excluding carboxylic acids is 1. The minimum Gasteiger partial charge on any atom is -0.478 e. The molecule has 0 radical (unpaired) electrons. The smallest absolute Gasteiger partial charge is 0.335 e. The van der Waals surface area contributed by atoms with Gasteiger partial charge in [-0.3, -0.25) is 9.59 Å². The Balaban J connectivity index is 1.57. The molecule has 0 fully saturated rings. The lowest BCUT2D eigenvalue weighted by molar-refractivity contribution is -0.154. The summed E-state index contributed by atoms with van der Waals surface area (Å²) in [6.07, 6.45) is 1.68. The Bertz CT molecular complexity index is 1260. The summed E-state index contributed by atoms with van der Waals surface area (Å²) in [4.78, 5) is 42.9. The van der Waals surface area contributed by atoms with Gasteiger partial charge in [0.15, 0.2) is 0 Å². The van der Waals surface area contributed by atoms with Crippen LogP contribution in [0, 0.1) is 5.41 Å². The summed E-state index contributed by atoms with van der Waals surface area (Å²) in [6, 6.07) is 10.4. The van der Waals surface area contributed by atoms with Crippen LogP contribution in [0.15, 0.2) is 41.2 Å². The summed E-state index contributed by atoms with van der Waals surface area (Å²) >= 11 is 0. The molecule has 4 rings (SSSR count). The highest BCUT2D eigenvalue weighted by Gasteiger charge is 2.25. The molecule has 0 bridgehead atoms. The summed E-state index contributed by atoms with van der Waals surface area (Å²) in [5.41, 5.74) is 2.84. The molecule has 1 atom stereocenters. The number of carboxylic acids is 1. The van der Waals surface area contributed by atoms with Crippen LogP contribution in [-0.4, -0.2) is 27.0 Å². The van der Waals surface area contributed by atoms with E-state index in [1.807, 2.05) is 12.1 Å². The van der Waals surface area contributed by atoms with E-state index >= 15 is 0 Å². The lowest BCUT2D eigenvalue weighted by Gasteiger charge is -2.17. The van der Waals surface area contributed by atoms with Gasteiger partial charge in [0, 0.05) is 5.69 Å². The minimum absolute atomic E-state index is 0.0110. The van der Waals surface area contributed by atoms with Crippen molar-refractivity contribution in [3.63, 3.8) is 0 Å². The first-order valence-electron chi connectivity index (χ1n) is 10.4. The summed E-state index contributed by atoms with van der Waals surface area (Å²) in [5, 5.41) is 12.9. The van der Waals surface area contributed by atoms with Gasteiger partial charge in [0.25, 0.3) is 5.56 Å². The van der Waals surface area contributed by atoms with Crippen molar-refractivity contribution in [3.8, 4) is 0 Å². The highest BCUT2D eigenvalue weighted by Crippen LogP contribution is 2.35. The van der Waals surface area contributed by atoms with Gasteiger partial charge in [-0.25, -0.2) is 9.78 Å². The number of fused-ring (bicyclic) bond motifs is 2. The second-order valence-corrected chi connectivity index (χ2v) is 9.03. The van der Waals surface area contributed by atoms with Gasteiger partial charge in [0.1, 0.15) is 12.4 Å². The molecule has 32 heavy (non-hydrogen) atoms. The highest BCUT2D eigenvalue weighted by atomic mass is 16.5. The van der Waals surface area contributed by atoms with Crippen LogP contribution in [0.25, 0.3) is 10.9 Å². The van der Waals surface area contributed by atoms with Crippen molar-refractivity contribution in [1.82, 2.24) is 9.97 Å². The third-order valence-electron chi connectivity index (χ3n) is 5.52. The average Bonchev–Trinajstić information content (AvgIpc) is 3.12. The Morgan fingerprint density at radius 2 is 1.94 bits per heavy atom. The number of carbonyl (C=O) groups is 2. The maximum absolute atomic E-state index is 12.7. The zero-order chi connectivity index (χ0) is 23.0. The van der Waals surface area contributed by atoms with Crippen LogP contribution >= 0.6 is 0 Å². The van der Waals surface area contributed by atoms with E-state index in [0.29, 0.717) is 16.7 Å². The van der Waals surface area contributed by atoms with Gasteiger partial charge in [0.2, 0.25) is 0 Å². The molecule has 8 nitrogen and oxygen atoms in total. The van der Waals surface area contributed by atoms with Crippen molar-refractivity contribution in [2.24, 2.45) is 5.41 Å². The number of nitrogens with one attached hydrogen (secondary N) is 2. The Morgan fingerprint density at radius 3 is 2.59 bits per heavy atom. The van der Waals surface area contributed by atoms with Gasteiger partial charge in [-0.2, -0.15) is 0 Å². The Kier molecular flexibility index (Phi) is 5.46. The fraction of sp³-hybridized carbons (Fsp3) is 0.333. The van der Waals surface area contributed by atoms with E-state index in [1.165, 1.54) is 0 Å². The summed E-state index contributed by atoms with van der Waals surface area (Å²) < 4.78 is 5.28. The van der Waals surface area contributed by atoms with Crippen molar-refractivity contribution >= 4 is 28.5 Å². The number of aromatic amines is 1. The molecule has 1 unspecified atom stereocenters. The number of ether oxygens (including phenoxy) is 1. The third-order valence-corrected chi connectivity index (χ3v) is 5.52. The fourth-order valence-electron chi connectivity index (χ4n) is 3.77. The van der Waals surface area contributed by atoms with Gasteiger partial charge in [0.05, 0.1) is 27.9 Å². The van der Waals surface area contributed by atoms with Gasteiger partial charge in [-0.1, -0.05) is 0 Å². The van der Waals surface area contributed by atoms with Gasteiger partial charge in [-0.15, -0.1) is 0 Å². The molecule has 2 aromatic carbocycles. The lowest BCUT2D eigenvalue weighted by Crippen LogP contribution is -2.24. The van der Waals surface area contributed by atoms with E-state index < -0.39 is 11.4 Å². The van der Waals surface area contributed by atoms with Crippen LogP contribution in [0.3, 0.4) is 0 Å². The molecule has 0 saturated heterocycles. The number of hydrogen-bond acceptors (Lipinski definition) is 6. The number of H-pyrrole nitrogens is 1. The van der Waals surface area contributed by atoms with Crippen molar-refractivity contribution in [2.45, 2.75) is 46.3 Å². The number of aryl methyl sites for hydroxylation is 1. The van der Waals surface area contributed by atoms with E-state index in [0.717, 1.165) is 29.7 Å². The monoisotopic (exact) mass is 435 g/mol. The number of hydrogen-bond donors (Lipinski definition) is 3. The van der Waals surface area contributed by atoms with Crippen molar-refractivity contribution < 1.29 is 19.4 Å². The molecule has 0 aliphatic heterocycles. The molecule has 0 amide bonds. The molecule has 1 heterocycles. The molecular weight excluding hydrogens is 410 g/mol. The topological polar surface area (TPSA) is 121 Å². The van der Waals surface area contributed by atoms with Crippen LogP contribution < -0.4 is 10.9 Å². The van der Waals surface area contributed by atoms with Gasteiger partial charge in [-0.05, 0) is 81.1 Å². The number of nitrogens with zero attached hydrogens (tertiary/aromatic N) is 1. The Labute approximate surface area is 184 Å². The number of aromatic nitrogens is 2. The first-order valence-corrected chi connectivity index (χ1v) is 10.4. The van der Waals surface area contributed by atoms with Crippen molar-refractivity contribution in [3.05, 3.63) is 69.3 Å². The molecule has 0 saturated carbocycles. The highest BCUT2D eigenvalue weighted by molar-refractivity contribution is 5.88. The van der Waals surface area contributed by atoms with E-state index in [2.05, 4.69) is 15.3 Å². The summed E-state index contributed by atoms with van der Waals surface area (Å²) in [6.45, 7) is 5.20. The molecular formula is C24H25N3O5. The molecule has 1 aliphatic rings. The molecule has 3 aromatic rings. The van der Waals surface area contributed by atoms with Crippen LogP contribution in [0.1, 0.15) is 60.5 Å². The molecule has 1 aliphatic carbocycles. The SMILES string of the molecule is CC(C)(C)C(=O)OCc1nc2cc3c(cc2c(=O)[nH]1)C(Nc1ccc(C(=O)O)cc1)CC3. The molecule has 1 aromatic heterocycles. The van der Waals surface area contributed by atoms with Gasteiger partial charge >= 0.3 is 11.9 Å². The fourth-order valence-corrected chi connectivity index (χ4v) is 3.77. The normalized spacial score (nSPS) is 15.4. The number of rotatable bonds is 5. The maximum atomic E-state index is 12.7. The number of esters is 1. The van der Waals surface area contributed by atoms with E-state index in [9.17, 15) is 14.4 Å². The second-order valence-electron chi connectivity index (χ2n) is 9.03. The number of carboxylic acid groups (broad SMARTS) is 1. The summed E-state index contributed by atoms with van der Waals surface area (Å²) in [5.74, 6) is -1.01. The van der Waals surface area contributed by atoms with Crippen LogP contribution in [0.4, 0.5) is 5.69 Å². The first-order chi connectivity index (χ1) is 15.1.